The number of carbonyl (C=O) groups excluding carboxylic acids is 2. The van der Waals surface area contributed by atoms with Crippen LogP contribution in [0.25, 0.3) is 0 Å². The molecule has 0 radical (unpaired) electrons. The number of carbonyl (C=O) groups is 2. The third-order valence-corrected chi connectivity index (χ3v) is 5.04. The van der Waals surface area contributed by atoms with Gasteiger partial charge in [-0.25, -0.2) is 4.79 Å². The van der Waals surface area contributed by atoms with Crippen molar-refractivity contribution in [2.24, 2.45) is 11.8 Å². The van der Waals surface area contributed by atoms with Gasteiger partial charge in [-0.05, 0) is 31.6 Å². The molecule has 6 heteroatoms. The predicted octanol–water partition coefficient (Wildman–Crippen LogP) is 2.04. The molecule has 6 nitrogen and oxygen atoms in total. The summed E-state index contributed by atoms with van der Waals surface area (Å²) in [6.07, 6.45) is 3.96. The third-order valence-electron chi connectivity index (χ3n) is 5.04. The highest BCUT2D eigenvalue weighted by atomic mass is 16.6. The van der Waals surface area contributed by atoms with Crippen molar-refractivity contribution in [2.75, 3.05) is 0 Å². The Kier molecular flexibility index (Phi) is 4.16. The fourth-order valence-electron chi connectivity index (χ4n) is 3.51. The van der Waals surface area contributed by atoms with Crippen LogP contribution >= 0.6 is 0 Å². The van der Waals surface area contributed by atoms with Gasteiger partial charge in [0.25, 0.3) is 0 Å². The number of ether oxygens (including phenoxy) is 3. The highest BCUT2D eigenvalue weighted by Crippen LogP contribution is 2.44. The minimum atomic E-state index is -1.56. The number of aliphatic hydroxyl groups is 1. The Morgan fingerprint density at radius 2 is 2.12 bits per heavy atom. The zero-order valence-electron chi connectivity index (χ0n) is 14.9. The Balaban J connectivity index is 2.04. The molecule has 0 saturated carbocycles. The lowest BCUT2D eigenvalue weighted by Crippen LogP contribution is -2.41. The number of hydrogen-bond donors (Lipinski definition) is 1. The van der Waals surface area contributed by atoms with E-state index in [-0.39, 0.29) is 23.9 Å². The second-order valence-corrected chi connectivity index (χ2v) is 7.55. The van der Waals surface area contributed by atoms with Gasteiger partial charge >= 0.3 is 11.9 Å². The summed E-state index contributed by atoms with van der Waals surface area (Å²) in [6, 6.07) is 0. The first-order valence-corrected chi connectivity index (χ1v) is 8.47. The highest BCUT2D eigenvalue weighted by molar-refractivity contribution is 5.91. The molecule has 0 aromatic heterocycles. The Morgan fingerprint density at radius 3 is 2.76 bits per heavy atom. The summed E-state index contributed by atoms with van der Waals surface area (Å²) in [5, 5.41) is 10.7. The van der Waals surface area contributed by atoms with E-state index in [2.05, 4.69) is 6.58 Å². The Hall–Kier alpha value is -1.92. The van der Waals surface area contributed by atoms with Crippen LogP contribution in [-0.4, -0.2) is 40.6 Å². The molecule has 25 heavy (non-hydrogen) atoms. The molecule has 5 atom stereocenters. The molecule has 3 heterocycles. The quantitative estimate of drug-likeness (QED) is 0.467. The molecule has 0 unspecified atom stereocenters. The van der Waals surface area contributed by atoms with Crippen LogP contribution in [0.1, 0.15) is 34.1 Å². The maximum Gasteiger partial charge on any atom is 0.334 e. The van der Waals surface area contributed by atoms with Crippen LogP contribution in [-0.2, 0) is 23.8 Å². The van der Waals surface area contributed by atoms with Crippen molar-refractivity contribution in [1.82, 2.24) is 0 Å². The summed E-state index contributed by atoms with van der Waals surface area (Å²) in [5.41, 5.74) is -0.0548. The molecule has 2 bridgehead atoms. The van der Waals surface area contributed by atoms with Crippen LogP contribution in [0.15, 0.2) is 36.0 Å². The fraction of sp³-hybridized carbons (Fsp3) is 0.579. The van der Waals surface area contributed by atoms with Crippen molar-refractivity contribution in [3.63, 3.8) is 0 Å². The zero-order valence-corrected chi connectivity index (χ0v) is 14.9. The van der Waals surface area contributed by atoms with Crippen molar-refractivity contribution in [3.05, 3.63) is 36.0 Å². The minimum Gasteiger partial charge on any atom is -0.461 e. The van der Waals surface area contributed by atoms with Crippen LogP contribution in [0.3, 0.4) is 0 Å². The van der Waals surface area contributed by atoms with Gasteiger partial charge in [0.15, 0.2) is 0 Å². The van der Waals surface area contributed by atoms with Gasteiger partial charge in [0, 0.05) is 12.0 Å². The number of esters is 2. The first-order valence-electron chi connectivity index (χ1n) is 8.47. The van der Waals surface area contributed by atoms with Crippen molar-refractivity contribution >= 4 is 11.9 Å². The van der Waals surface area contributed by atoms with E-state index >= 15 is 0 Å². The first kappa shape index (κ1) is 17.9. The van der Waals surface area contributed by atoms with E-state index in [1.807, 2.05) is 6.92 Å². The molecule has 1 saturated heterocycles. The molecule has 3 rings (SSSR count). The Labute approximate surface area is 147 Å². The van der Waals surface area contributed by atoms with Crippen molar-refractivity contribution < 1.29 is 28.9 Å². The molecule has 0 aliphatic carbocycles. The average molecular weight is 348 g/mol. The summed E-state index contributed by atoms with van der Waals surface area (Å²) in [4.78, 5) is 24.3. The minimum absolute atomic E-state index is 0.271. The summed E-state index contributed by atoms with van der Waals surface area (Å²) in [5.74, 6) is -3.26. The number of hydrogen-bond acceptors (Lipinski definition) is 6. The van der Waals surface area contributed by atoms with Gasteiger partial charge in [-0.1, -0.05) is 26.5 Å². The smallest absolute Gasteiger partial charge is 0.334 e. The number of rotatable bonds is 2. The third kappa shape index (κ3) is 3.04. The van der Waals surface area contributed by atoms with E-state index in [0.717, 1.165) is 0 Å². The molecule has 3 aliphatic heterocycles. The summed E-state index contributed by atoms with van der Waals surface area (Å²) in [7, 11) is 0. The SMILES string of the molecule is C=C1C(=O)O[C@@H]2C=C(C)[C@]3(O)C=C[C@](C)(C[C@@H](OC(=O)C(C)C)[C@@H]12)O3. The van der Waals surface area contributed by atoms with E-state index in [1.165, 1.54) is 0 Å². The lowest BCUT2D eigenvalue weighted by molar-refractivity contribution is -0.190. The maximum absolute atomic E-state index is 12.2. The van der Waals surface area contributed by atoms with Crippen LogP contribution < -0.4 is 0 Å². The van der Waals surface area contributed by atoms with Crippen LogP contribution in [0.2, 0.25) is 0 Å². The van der Waals surface area contributed by atoms with Gasteiger partial charge < -0.3 is 19.3 Å². The highest BCUT2D eigenvalue weighted by Gasteiger charge is 2.52. The van der Waals surface area contributed by atoms with Crippen molar-refractivity contribution in [3.8, 4) is 0 Å². The van der Waals surface area contributed by atoms with E-state index < -0.39 is 35.5 Å². The standard InChI is InChI=1S/C19H24O6/c1-10(2)16(20)24-14-9-18(5)6-7-19(22,25-18)11(3)8-13-15(14)12(4)17(21)23-13/h6-8,10,13-15,22H,4,9H2,1-3,5H3/t13-,14-,15+,18-,19+/m1/s1. The molecule has 1 fully saturated rings. The maximum atomic E-state index is 12.2. The van der Waals surface area contributed by atoms with Crippen molar-refractivity contribution in [2.45, 2.75) is 57.7 Å². The summed E-state index contributed by atoms with van der Waals surface area (Å²) in [6.45, 7) is 10.9. The van der Waals surface area contributed by atoms with Gasteiger partial charge in [-0.3, -0.25) is 4.79 Å². The van der Waals surface area contributed by atoms with E-state index in [0.29, 0.717) is 5.57 Å². The average Bonchev–Trinajstić information content (AvgIpc) is 2.97. The second kappa shape index (κ2) is 5.81. The molecule has 136 valence electrons. The van der Waals surface area contributed by atoms with Gasteiger partial charge in [-0.15, -0.1) is 0 Å². The molecule has 3 aliphatic rings. The summed E-state index contributed by atoms with van der Waals surface area (Å²) < 4.78 is 17.0. The van der Waals surface area contributed by atoms with Crippen LogP contribution in [0, 0.1) is 11.8 Å². The normalized spacial score (nSPS) is 40.1. The lowest BCUT2D eigenvalue weighted by atomic mass is 9.83. The van der Waals surface area contributed by atoms with E-state index in [1.54, 1.807) is 39.0 Å². The van der Waals surface area contributed by atoms with E-state index in [4.69, 9.17) is 14.2 Å². The summed E-state index contributed by atoms with van der Waals surface area (Å²) >= 11 is 0. The monoisotopic (exact) mass is 348 g/mol. The largest absolute Gasteiger partial charge is 0.461 e. The molecular weight excluding hydrogens is 324 g/mol. The molecule has 0 aromatic carbocycles. The van der Waals surface area contributed by atoms with Crippen LogP contribution in [0.4, 0.5) is 0 Å². The lowest BCUT2D eigenvalue weighted by Gasteiger charge is -2.33. The van der Waals surface area contributed by atoms with Gasteiger partial charge in [-0.2, -0.15) is 0 Å². The van der Waals surface area contributed by atoms with Gasteiger partial charge in [0.05, 0.1) is 17.4 Å². The Morgan fingerprint density at radius 1 is 1.44 bits per heavy atom. The van der Waals surface area contributed by atoms with E-state index in [9.17, 15) is 14.7 Å². The second-order valence-electron chi connectivity index (χ2n) is 7.55. The fourth-order valence-corrected chi connectivity index (χ4v) is 3.51. The molecular formula is C19H24O6. The molecule has 0 spiro atoms. The molecule has 0 aromatic rings. The zero-order chi connectivity index (χ0) is 18.6. The number of fused-ring (bicyclic) bond motifs is 3. The van der Waals surface area contributed by atoms with Crippen LogP contribution in [0.5, 0.6) is 0 Å². The predicted molar refractivity (Wildman–Crippen MR) is 89.2 cm³/mol. The topological polar surface area (TPSA) is 82.1 Å². The van der Waals surface area contributed by atoms with Gasteiger partial charge in [0.1, 0.15) is 12.2 Å². The molecule has 1 N–H and O–H groups in total. The molecule has 0 amide bonds. The van der Waals surface area contributed by atoms with Crippen molar-refractivity contribution in [1.29, 1.82) is 0 Å². The Bertz CT molecular complexity index is 690. The first-order chi connectivity index (χ1) is 11.5. The van der Waals surface area contributed by atoms with Gasteiger partial charge in [0.2, 0.25) is 5.79 Å².